The predicted molar refractivity (Wildman–Crippen MR) is 198 cm³/mol. The molecule has 0 spiro atoms. The highest BCUT2D eigenvalue weighted by Crippen LogP contribution is 2.32. The summed E-state index contributed by atoms with van der Waals surface area (Å²) >= 11 is 0. The van der Waals surface area contributed by atoms with Gasteiger partial charge in [-0.15, -0.1) is 0 Å². The number of aliphatic hydroxyl groups is 1. The second-order valence-electron chi connectivity index (χ2n) is 15.7. The maximum atomic E-state index is 13.9. The van der Waals surface area contributed by atoms with E-state index in [1.165, 1.54) is 0 Å². The van der Waals surface area contributed by atoms with Gasteiger partial charge in [0.25, 0.3) is 0 Å². The van der Waals surface area contributed by atoms with Gasteiger partial charge in [-0.2, -0.15) is 0 Å². The molecule has 0 aliphatic carbocycles. The quantitative estimate of drug-likeness (QED) is 0.154. The monoisotopic (exact) mass is 721 g/mol. The zero-order valence-electron chi connectivity index (χ0n) is 33.1. The number of benzene rings is 1. The smallest absolute Gasteiger partial charge is 0.407 e. The van der Waals surface area contributed by atoms with Crippen LogP contribution in [0.2, 0.25) is 0 Å². The number of alkyl carbamates (subject to hydrolysis) is 1. The van der Waals surface area contributed by atoms with Gasteiger partial charge in [-0.25, -0.2) is 4.79 Å². The second-order valence-corrected chi connectivity index (χ2v) is 15.7. The molecule has 292 valence electrons. The molecule has 0 saturated carbocycles. The number of amides is 3. The number of carbonyl (C=O) groups excluding carboxylic acids is 3. The summed E-state index contributed by atoms with van der Waals surface area (Å²) in [6.45, 7) is 20.3. The lowest BCUT2D eigenvalue weighted by Crippen LogP contribution is -2.55. The first-order chi connectivity index (χ1) is 24.0. The zero-order chi connectivity index (χ0) is 38.3. The van der Waals surface area contributed by atoms with Crippen molar-refractivity contribution >= 4 is 17.9 Å². The molecular formula is C39H67N3O9. The summed E-state index contributed by atoms with van der Waals surface area (Å²) < 4.78 is 27.7. The average molecular weight is 722 g/mol. The van der Waals surface area contributed by atoms with Crippen LogP contribution in [0.15, 0.2) is 18.2 Å². The average Bonchev–Trinajstić information content (AvgIpc) is 3.06. The van der Waals surface area contributed by atoms with Crippen molar-refractivity contribution < 1.29 is 43.2 Å². The third-order valence-corrected chi connectivity index (χ3v) is 9.33. The molecule has 1 aliphatic rings. The fraction of sp³-hybridized carbons (Fsp3) is 0.769. The molecule has 0 radical (unpaired) electrons. The van der Waals surface area contributed by atoms with Gasteiger partial charge in [0.05, 0.1) is 39.1 Å². The highest BCUT2D eigenvalue weighted by Gasteiger charge is 2.36. The van der Waals surface area contributed by atoms with Crippen molar-refractivity contribution in [2.75, 3.05) is 53.7 Å². The Kier molecular flexibility index (Phi) is 18.5. The van der Waals surface area contributed by atoms with E-state index >= 15 is 0 Å². The topological polar surface area (TPSA) is 145 Å². The number of nitrogens with zero attached hydrogens (tertiary/aromatic N) is 1. The summed E-state index contributed by atoms with van der Waals surface area (Å²) in [5.41, 5.74) is 0.296. The predicted octanol–water partition coefficient (Wildman–Crippen LogP) is 5.23. The minimum absolute atomic E-state index is 0.0390. The molecule has 0 aromatic heterocycles. The Morgan fingerprint density at radius 1 is 0.902 bits per heavy atom. The number of aliphatic hydroxyl groups excluding tert-OH is 1. The van der Waals surface area contributed by atoms with Crippen molar-refractivity contribution in [3.8, 4) is 11.5 Å². The van der Waals surface area contributed by atoms with Gasteiger partial charge >= 0.3 is 6.09 Å². The first-order valence-electron chi connectivity index (χ1n) is 18.6. The molecule has 1 aromatic carbocycles. The van der Waals surface area contributed by atoms with Crippen LogP contribution >= 0.6 is 0 Å². The molecule has 1 saturated heterocycles. The van der Waals surface area contributed by atoms with E-state index in [4.69, 9.17) is 23.7 Å². The van der Waals surface area contributed by atoms with Crippen LogP contribution in [0.4, 0.5) is 4.79 Å². The summed E-state index contributed by atoms with van der Waals surface area (Å²) in [7, 11) is 3.27. The molecule has 1 fully saturated rings. The van der Waals surface area contributed by atoms with Crippen molar-refractivity contribution in [2.45, 2.75) is 112 Å². The maximum absolute atomic E-state index is 13.9. The Morgan fingerprint density at radius 2 is 1.57 bits per heavy atom. The number of methoxy groups -OCH3 is 2. The number of hydrogen-bond donors (Lipinski definition) is 3. The largest absolute Gasteiger partial charge is 0.493 e. The van der Waals surface area contributed by atoms with Crippen LogP contribution in [0, 0.1) is 29.6 Å². The summed E-state index contributed by atoms with van der Waals surface area (Å²) in [6, 6.07) is 4.47. The minimum Gasteiger partial charge on any atom is -0.493 e. The summed E-state index contributed by atoms with van der Waals surface area (Å²) in [5.74, 6) is 0.204. The molecular weight excluding hydrogens is 654 g/mol. The number of morpholine rings is 1. The molecule has 2 rings (SSSR count). The molecule has 0 bridgehead atoms. The van der Waals surface area contributed by atoms with E-state index in [9.17, 15) is 19.5 Å². The lowest BCUT2D eigenvalue weighted by Gasteiger charge is -2.35. The van der Waals surface area contributed by atoms with Gasteiger partial charge in [0, 0.05) is 39.1 Å². The molecule has 12 nitrogen and oxygen atoms in total. The third-order valence-electron chi connectivity index (χ3n) is 9.33. The number of hydrogen-bond acceptors (Lipinski definition) is 9. The Labute approximate surface area is 306 Å². The molecule has 1 aliphatic heterocycles. The van der Waals surface area contributed by atoms with Crippen LogP contribution in [-0.2, 0) is 30.2 Å². The van der Waals surface area contributed by atoms with Crippen LogP contribution in [0.25, 0.3) is 0 Å². The molecule has 1 heterocycles. The minimum atomic E-state index is -1.07. The lowest BCUT2D eigenvalue weighted by atomic mass is 9.80. The van der Waals surface area contributed by atoms with Crippen LogP contribution in [0.1, 0.15) is 87.1 Å². The fourth-order valence-electron chi connectivity index (χ4n) is 6.20. The molecule has 5 atom stereocenters. The van der Waals surface area contributed by atoms with Gasteiger partial charge in [-0.05, 0) is 81.4 Å². The van der Waals surface area contributed by atoms with Crippen molar-refractivity contribution in [3.05, 3.63) is 23.8 Å². The van der Waals surface area contributed by atoms with Crippen molar-refractivity contribution in [3.63, 3.8) is 0 Å². The standard InChI is InChI=1S/C39H67N3O9/c1-25(2)29(21-28-13-14-33(48-11)34(22-28)50-18-12-17-47-10)23-31(40-38(46)51-39(7,8)9)32(43)24-30(26(3)4)36(44)41-35(27(5)6)37(45)42-15-19-49-20-16-42/h13-14,22,25-27,29-32,35,43H,12,15-21,23-24H2,1-11H3,(H,40,46)(H,41,44)/t29-,30-,31-,32-,35-/m0/s1. The van der Waals surface area contributed by atoms with Crippen molar-refractivity contribution in [1.29, 1.82) is 0 Å². The van der Waals surface area contributed by atoms with Crippen LogP contribution < -0.4 is 20.1 Å². The Balaban J connectivity index is 2.32. The normalized spacial score (nSPS) is 16.7. The van der Waals surface area contributed by atoms with E-state index in [0.717, 1.165) is 12.0 Å². The number of rotatable bonds is 20. The van der Waals surface area contributed by atoms with Gasteiger partial charge in [-0.1, -0.05) is 47.6 Å². The van der Waals surface area contributed by atoms with Crippen molar-refractivity contribution in [1.82, 2.24) is 15.5 Å². The first-order valence-corrected chi connectivity index (χ1v) is 18.6. The Morgan fingerprint density at radius 3 is 2.12 bits per heavy atom. The van der Waals surface area contributed by atoms with E-state index in [0.29, 0.717) is 63.9 Å². The molecule has 1 aromatic rings. The number of nitrogens with one attached hydrogen (secondary N) is 2. The van der Waals surface area contributed by atoms with Crippen LogP contribution in [0.5, 0.6) is 11.5 Å². The van der Waals surface area contributed by atoms with Gasteiger partial charge in [0.2, 0.25) is 11.8 Å². The van der Waals surface area contributed by atoms with E-state index in [2.05, 4.69) is 24.5 Å². The summed E-state index contributed by atoms with van der Waals surface area (Å²) in [5, 5.41) is 17.8. The van der Waals surface area contributed by atoms with E-state index in [1.54, 1.807) is 39.9 Å². The van der Waals surface area contributed by atoms with E-state index < -0.39 is 35.8 Å². The zero-order valence-corrected chi connectivity index (χ0v) is 33.1. The summed E-state index contributed by atoms with van der Waals surface area (Å²) in [4.78, 5) is 42.2. The van der Waals surface area contributed by atoms with E-state index in [-0.39, 0.29) is 41.9 Å². The SMILES string of the molecule is COCCCOc1cc(C[C@@H](C[C@H](NC(=O)OC(C)(C)C)[C@@H](O)C[C@H](C(=O)N[C@H](C(=O)N2CCOCC2)C(C)C)C(C)C)C(C)C)ccc1OC. The highest BCUT2D eigenvalue weighted by molar-refractivity contribution is 5.89. The number of carbonyl (C=O) groups is 3. The highest BCUT2D eigenvalue weighted by atomic mass is 16.6. The number of ether oxygens (including phenoxy) is 5. The van der Waals surface area contributed by atoms with Crippen LogP contribution in [0.3, 0.4) is 0 Å². The van der Waals surface area contributed by atoms with Crippen molar-refractivity contribution in [2.24, 2.45) is 29.6 Å². The first kappa shape index (κ1) is 44.1. The molecule has 3 N–H and O–H groups in total. The fourth-order valence-corrected chi connectivity index (χ4v) is 6.20. The molecule has 51 heavy (non-hydrogen) atoms. The summed E-state index contributed by atoms with van der Waals surface area (Å²) in [6.07, 6.45) is 0.222. The molecule has 0 unspecified atom stereocenters. The van der Waals surface area contributed by atoms with Crippen LogP contribution in [-0.4, -0.2) is 105 Å². The maximum Gasteiger partial charge on any atom is 0.407 e. The molecule has 3 amide bonds. The second kappa shape index (κ2) is 21.4. The Bertz CT molecular complexity index is 1210. The molecule has 12 heteroatoms. The van der Waals surface area contributed by atoms with Gasteiger partial charge in [-0.3, -0.25) is 9.59 Å². The van der Waals surface area contributed by atoms with Gasteiger partial charge < -0.3 is 44.3 Å². The van der Waals surface area contributed by atoms with Gasteiger partial charge in [0.15, 0.2) is 11.5 Å². The lowest BCUT2D eigenvalue weighted by molar-refractivity contribution is -0.142. The Hall–Kier alpha value is -3.09. The third kappa shape index (κ3) is 15.2. The van der Waals surface area contributed by atoms with Gasteiger partial charge in [0.1, 0.15) is 11.6 Å². The van der Waals surface area contributed by atoms with E-state index in [1.807, 2.05) is 45.9 Å².